The monoisotopic (exact) mass is 362 g/mol. The van der Waals surface area contributed by atoms with E-state index in [9.17, 15) is 9.59 Å². The standard InChI is InChI=1S/C22H22N2O3/c1-14(25)24-18-11-5-4-9-16(18)23-17-10-7-12-19(26)21(17)22(24)15-8-3-6-13-20(15)27-2/h3-6,8-9,11,13,22-23H,7,10,12H2,1-2H3/t22-/m0/s1. The molecule has 0 radical (unpaired) electrons. The number of Topliss-reactive ketones (excluding diaryl/α,β-unsaturated/α-hetero) is 1. The highest BCUT2D eigenvalue weighted by Crippen LogP contribution is 2.46. The first-order chi connectivity index (χ1) is 13.1. The van der Waals surface area contributed by atoms with Crippen LogP contribution in [0.2, 0.25) is 0 Å². The summed E-state index contributed by atoms with van der Waals surface area (Å²) in [5.41, 5.74) is 3.99. The van der Waals surface area contributed by atoms with Crippen molar-refractivity contribution in [3.8, 4) is 5.75 Å². The minimum atomic E-state index is -0.516. The number of anilines is 2. The summed E-state index contributed by atoms with van der Waals surface area (Å²) in [6.07, 6.45) is 2.09. The second-order valence-corrected chi connectivity index (χ2v) is 6.84. The molecule has 0 spiro atoms. The minimum Gasteiger partial charge on any atom is -0.496 e. The van der Waals surface area contributed by atoms with Crippen molar-refractivity contribution in [3.63, 3.8) is 0 Å². The Morgan fingerprint density at radius 3 is 2.63 bits per heavy atom. The summed E-state index contributed by atoms with van der Waals surface area (Å²) in [5.74, 6) is 0.629. The van der Waals surface area contributed by atoms with Gasteiger partial charge in [-0.05, 0) is 31.0 Å². The topological polar surface area (TPSA) is 58.6 Å². The maximum Gasteiger partial charge on any atom is 0.224 e. The molecule has 1 atom stereocenters. The number of para-hydroxylation sites is 3. The molecule has 0 bridgehead atoms. The van der Waals surface area contributed by atoms with Gasteiger partial charge in [-0.25, -0.2) is 0 Å². The summed E-state index contributed by atoms with van der Waals surface area (Å²) < 4.78 is 5.58. The van der Waals surface area contributed by atoms with Crippen LogP contribution in [0.5, 0.6) is 5.75 Å². The van der Waals surface area contributed by atoms with Gasteiger partial charge in [-0.2, -0.15) is 0 Å². The van der Waals surface area contributed by atoms with Crippen molar-refractivity contribution in [2.45, 2.75) is 32.2 Å². The van der Waals surface area contributed by atoms with Gasteiger partial charge in [0.15, 0.2) is 5.78 Å². The van der Waals surface area contributed by atoms with Crippen molar-refractivity contribution >= 4 is 23.1 Å². The quantitative estimate of drug-likeness (QED) is 0.869. The van der Waals surface area contributed by atoms with Gasteiger partial charge in [-0.3, -0.25) is 14.5 Å². The van der Waals surface area contributed by atoms with Crippen LogP contribution in [-0.2, 0) is 9.59 Å². The van der Waals surface area contributed by atoms with Crippen molar-refractivity contribution < 1.29 is 14.3 Å². The van der Waals surface area contributed by atoms with Crippen LogP contribution in [0.3, 0.4) is 0 Å². The van der Waals surface area contributed by atoms with Crippen molar-refractivity contribution in [3.05, 3.63) is 65.4 Å². The number of nitrogens with one attached hydrogen (secondary N) is 1. The molecule has 1 aliphatic carbocycles. The van der Waals surface area contributed by atoms with Crippen LogP contribution in [0.25, 0.3) is 0 Å². The lowest BCUT2D eigenvalue weighted by molar-refractivity contribution is -0.117. The number of allylic oxidation sites excluding steroid dienone is 1. The summed E-state index contributed by atoms with van der Waals surface area (Å²) in [6, 6.07) is 14.8. The molecular weight excluding hydrogens is 340 g/mol. The number of benzene rings is 2. The Balaban J connectivity index is 2.03. The van der Waals surface area contributed by atoms with Crippen LogP contribution in [0.4, 0.5) is 11.4 Å². The molecule has 5 heteroatoms. The van der Waals surface area contributed by atoms with E-state index in [0.29, 0.717) is 17.7 Å². The lowest BCUT2D eigenvalue weighted by Gasteiger charge is -2.33. The van der Waals surface area contributed by atoms with E-state index in [1.54, 1.807) is 12.0 Å². The van der Waals surface area contributed by atoms with Crippen LogP contribution in [0.15, 0.2) is 59.8 Å². The molecule has 1 heterocycles. The highest BCUT2D eigenvalue weighted by molar-refractivity contribution is 6.05. The van der Waals surface area contributed by atoms with Crippen LogP contribution >= 0.6 is 0 Å². The lowest BCUT2D eigenvalue weighted by Crippen LogP contribution is -2.36. The van der Waals surface area contributed by atoms with Crippen LogP contribution in [0.1, 0.15) is 37.8 Å². The van der Waals surface area contributed by atoms with E-state index < -0.39 is 6.04 Å². The number of hydrogen-bond acceptors (Lipinski definition) is 4. The largest absolute Gasteiger partial charge is 0.496 e. The highest BCUT2D eigenvalue weighted by Gasteiger charge is 2.39. The maximum absolute atomic E-state index is 13.0. The summed E-state index contributed by atoms with van der Waals surface area (Å²) in [4.78, 5) is 27.5. The average Bonchev–Trinajstić information content (AvgIpc) is 2.82. The van der Waals surface area contributed by atoms with Crippen LogP contribution < -0.4 is 15.0 Å². The van der Waals surface area contributed by atoms with Gasteiger partial charge in [0, 0.05) is 30.2 Å². The first-order valence-corrected chi connectivity index (χ1v) is 9.17. The van der Waals surface area contributed by atoms with E-state index in [4.69, 9.17) is 4.74 Å². The van der Waals surface area contributed by atoms with Gasteiger partial charge in [-0.15, -0.1) is 0 Å². The molecule has 0 saturated carbocycles. The maximum atomic E-state index is 13.0. The third kappa shape index (κ3) is 2.89. The highest BCUT2D eigenvalue weighted by atomic mass is 16.5. The summed E-state index contributed by atoms with van der Waals surface area (Å²) in [6.45, 7) is 1.54. The lowest BCUT2D eigenvalue weighted by atomic mass is 9.85. The number of nitrogens with zero attached hydrogens (tertiary/aromatic N) is 1. The molecule has 2 aliphatic rings. The molecule has 2 aromatic carbocycles. The molecular formula is C22H22N2O3. The number of fused-ring (bicyclic) bond motifs is 1. The number of hydrogen-bond donors (Lipinski definition) is 1. The van der Waals surface area contributed by atoms with E-state index >= 15 is 0 Å². The molecule has 27 heavy (non-hydrogen) atoms. The minimum absolute atomic E-state index is 0.0821. The zero-order valence-corrected chi connectivity index (χ0v) is 15.5. The number of carbonyl (C=O) groups is 2. The molecule has 138 valence electrons. The molecule has 0 unspecified atom stereocenters. The molecule has 4 rings (SSSR count). The van der Waals surface area contributed by atoms with Crippen molar-refractivity contribution in [1.29, 1.82) is 0 Å². The van der Waals surface area contributed by atoms with E-state index in [0.717, 1.165) is 35.5 Å². The molecule has 0 aromatic heterocycles. The van der Waals surface area contributed by atoms with Gasteiger partial charge in [0.1, 0.15) is 5.75 Å². The van der Waals surface area contributed by atoms with Gasteiger partial charge < -0.3 is 10.1 Å². The normalized spacial score (nSPS) is 19.0. The second-order valence-electron chi connectivity index (χ2n) is 6.84. The molecule has 0 saturated heterocycles. The summed E-state index contributed by atoms with van der Waals surface area (Å²) in [7, 11) is 1.61. The van der Waals surface area contributed by atoms with Crippen LogP contribution in [0, 0.1) is 0 Å². The molecule has 2 aromatic rings. The number of carbonyl (C=O) groups excluding carboxylic acids is 2. The molecule has 0 fully saturated rings. The van der Waals surface area contributed by atoms with Crippen molar-refractivity contribution in [2.24, 2.45) is 0 Å². The average molecular weight is 362 g/mol. The summed E-state index contributed by atoms with van der Waals surface area (Å²) >= 11 is 0. The predicted octanol–water partition coefficient (Wildman–Crippen LogP) is 4.22. The zero-order chi connectivity index (χ0) is 19.0. The number of amides is 1. The summed E-state index contributed by atoms with van der Waals surface area (Å²) in [5, 5.41) is 3.44. The number of methoxy groups -OCH3 is 1. The Bertz CT molecular complexity index is 948. The fraction of sp³-hybridized carbons (Fsp3) is 0.273. The molecule has 1 N–H and O–H groups in total. The third-order valence-electron chi connectivity index (χ3n) is 5.21. The van der Waals surface area contributed by atoms with E-state index in [1.165, 1.54) is 6.92 Å². The predicted molar refractivity (Wildman–Crippen MR) is 105 cm³/mol. The first kappa shape index (κ1) is 17.3. The smallest absolute Gasteiger partial charge is 0.224 e. The fourth-order valence-corrected chi connectivity index (χ4v) is 4.07. The Morgan fingerprint density at radius 1 is 1.11 bits per heavy atom. The zero-order valence-electron chi connectivity index (χ0n) is 15.5. The van der Waals surface area contributed by atoms with Gasteiger partial charge in [0.25, 0.3) is 0 Å². The van der Waals surface area contributed by atoms with Gasteiger partial charge in [0.05, 0.1) is 24.5 Å². The van der Waals surface area contributed by atoms with E-state index in [-0.39, 0.29) is 11.7 Å². The fourth-order valence-electron chi connectivity index (χ4n) is 4.07. The van der Waals surface area contributed by atoms with Gasteiger partial charge in [-0.1, -0.05) is 30.3 Å². The molecule has 1 amide bonds. The molecule has 5 nitrogen and oxygen atoms in total. The Labute approximate surface area is 158 Å². The second kappa shape index (κ2) is 6.91. The number of ketones is 1. The number of ether oxygens (including phenoxy) is 1. The Hall–Kier alpha value is -3.08. The number of rotatable bonds is 2. The van der Waals surface area contributed by atoms with Gasteiger partial charge >= 0.3 is 0 Å². The van der Waals surface area contributed by atoms with Crippen LogP contribution in [-0.4, -0.2) is 18.8 Å². The Kier molecular flexibility index (Phi) is 4.44. The SMILES string of the molecule is COc1ccccc1[C@H]1C2=C(CCCC2=O)Nc2ccccc2N1C(C)=O. The van der Waals surface area contributed by atoms with E-state index in [1.807, 2.05) is 48.5 Å². The van der Waals surface area contributed by atoms with Crippen molar-refractivity contribution in [1.82, 2.24) is 0 Å². The Morgan fingerprint density at radius 2 is 1.85 bits per heavy atom. The van der Waals surface area contributed by atoms with Crippen molar-refractivity contribution in [2.75, 3.05) is 17.3 Å². The third-order valence-corrected chi connectivity index (χ3v) is 5.21. The first-order valence-electron chi connectivity index (χ1n) is 9.17. The molecule has 1 aliphatic heterocycles. The van der Waals surface area contributed by atoms with E-state index in [2.05, 4.69) is 5.32 Å². The van der Waals surface area contributed by atoms with Gasteiger partial charge in [0.2, 0.25) is 5.91 Å².